The molecule has 0 saturated heterocycles. The zero-order valence-corrected chi connectivity index (χ0v) is 21.7. The Morgan fingerprint density at radius 3 is 2.71 bits per heavy atom. The molecule has 3 N–H and O–H groups in total. The topological polar surface area (TPSA) is 93.5 Å². The predicted octanol–water partition coefficient (Wildman–Crippen LogP) is 6.13. The monoisotopic (exact) mass is 481 g/mol. The van der Waals surface area contributed by atoms with Gasteiger partial charge in [-0.1, -0.05) is 32.4 Å². The minimum atomic E-state index is -0.879. The van der Waals surface area contributed by atoms with Gasteiger partial charge in [0, 0.05) is 6.07 Å². The third-order valence-electron chi connectivity index (χ3n) is 11.0. The van der Waals surface area contributed by atoms with Gasteiger partial charge in [0.05, 0.1) is 6.26 Å². The van der Waals surface area contributed by atoms with E-state index in [1.807, 2.05) is 6.07 Å². The maximum atomic E-state index is 11.5. The van der Waals surface area contributed by atoms with Crippen LogP contribution >= 0.6 is 0 Å². The Morgan fingerprint density at radius 1 is 1.20 bits per heavy atom. The van der Waals surface area contributed by atoms with Crippen LogP contribution in [0, 0.1) is 40.4 Å². The first kappa shape index (κ1) is 24.8. The second kappa shape index (κ2) is 9.21. The average Bonchev–Trinajstić information content (AvgIpc) is 3.17. The van der Waals surface area contributed by atoms with Crippen LogP contribution in [0.15, 0.2) is 39.3 Å². The Hall–Kier alpha value is -1.88. The first-order valence-corrected chi connectivity index (χ1v) is 13.9. The van der Waals surface area contributed by atoms with E-state index in [9.17, 15) is 9.59 Å². The zero-order chi connectivity index (χ0) is 25.0. The number of hydrogen-bond acceptors (Lipinski definition) is 4. The second-order valence-corrected chi connectivity index (χ2v) is 12.9. The second-order valence-electron chi connectivity index (χ2n) is 12.9. The molecule has 4 aliphatic carbocycles. The highest BCUT2D eigenvalue weighted by Gasteiger charge is 2.57. The van der Waals surface area contributed by atoms with E-state index in [0.717, 1.165) is 24.7 Å². The molecule has 0 radical (unpaired) electrons. The van der Waals surface area contributed by atoms with Gasteiger partial charge < -0.3 is 15.3 Å². The highest BCUT2D eigenvalue weighted by Crippen LogP contribution is 2.67. The number of hydrogen-bond donors (Lipinski definition) is 2. The van der Waals surface area contributed by atoms with Crippen molar-refractivity contribution in [2.45, 2.75) is 96.9 Å². The van der Waals surface area contributed by atoms with Crippen molar-refractivity contribution < 1.29 is 14.3 Å². The van der Waals surface area contributed by atoms with E-state index in [0.29, 0.717) is 35.5 Å². The van der Waals surface area contributed by atoms with Gasteiger partial charge in [0.15, 0.2) is 0 Å². The summed E-state index contributed by atoms with van der Waals surface area (Å²) < 4.78 is 5.24. The van der Waals surface area contributed by atoms with Gasteiger partial charge in [0.2, 0.25) is 0 Å². The molecular weight excluding hydrogens is 438 g/mol. The van der Waals surface area contributed by atoms with Gasteiger partial charge in [-0.25, -0.2) is 4.79 Å². The number of fused-ring (bicyclic) bond motifs is 5. The molecule has 0 spiro atoms. The number of allylic oxidation sites excluding steroid dienone is 2. The highest BCUT2D eigenvalue weighted by atomic mass is 16.4. The van der Waals surface area contributed by atoms with Gasteiger partial charge in [-0.15, -0.1) is 0 Å². The molecule has 1 heterocycles. The fourth-order valence-electron chi connectivity index (χ4n) is 9.16. The van der Waals surface area contributed by atoms with E-state index in [-0.39, 0.29) is 11.0 Å². The molecule has 1 unspecified atom stereocenters. The molecule has 0 amide bonds. The Balaban J connectivity index is 1.27. The van der Waals surface area contributed by atoms with Gasteiger partial charge in [0.1, 0.15) is 6.04 Å². The van der Waals surface area contributed by atoms with Crippen LogP contribution in [0.25, 0.3) is 0 Å². The number of rotatable bonds is 6. The molecule has 4 aliphatic rings. The van der Waals surface area contributed by atoms with Crippen molar-refractivity contribution in [1.82, 2.24) is 0 Å². The number of carboxylic acids is 1. The first-order chi connectivity index (χ1) is 16.6. The van der Waals surface area contributed by atoms with Gasteiger partial charge in [-0.05, 0) is 122 Å². The summed E-state index contributed by atoms with van der Waals surface area (Å²) >= 11 is 0. The number of carbonyl (C=O) groups is 1. The molecular formula is C30H43NO4. The van der Waals surface area contributed by atoms with Crippen molar-refractivity contribution in [2.75, 3.05) is 0 Å². The maximum Gasteiger partial charge on any atom is 0.335 e. The Bertz CT molecular complexity index is 1020. The fraction of sp³-hybridized carbons (Fsp3) is 0.733. The van der Waals surface area contributed by atoms with Crippen LogP contribution in [0.1, 0.15) is 96.5 Å². The molecule has 0 bridgehead atoms. The molecule has 5 nitrogen and oxygen atoms in total. The van der Waals surface area contributed by atoms with E-state index in [4.69, 9.17) is 15.3 Å². The lowest BCUT2D eigenvalue weighted by Gasteiger charge is -2.60. The summed E-state index contributed by atoms with van der Waals surface area (Å²) in [5.74, 6) is 2.86. The SMILES string of the molecule is CC(C[C@@H]1CC[C@@]2(C)[C@H](CC[C@H]3C4=CC[C@H](c5ccc(=O)oc5)[C@@]4(C)CC[C@@H]32)C1)C[C@H](N)C(=O)O. The van der Waals surface area contributed by atoms with E-state index in [1.54, 1.807) is 17.9 Å². The molecule has 5 rings (SSSR count). The molecule has 9 atom stereocenters. The highest BCUT2D eigenvalue weighted by molar-refractivity contribution is 5.73. The van der Waals surface area contributed by atoms with Crippen LogP contribution in [0.4, 0.5) is 0 Å². The smallest absolute Gasteiger partial charge is 0.335 e. The summed E-state index contributed by atoms with van der Waals surface area (Å²) in [7, 11) is 0. The molecule has 0 aromatic carbocycles. The average molecular weight is 482 g/mol. The third-order valence-corrected chi connectivity index (χ3v) is 11.0. The molecule has 3 fully saturated rings. The predicted molar refractivity (Wildman–Crippen MR) is 137 cm³/mol. The van der Waals surface area contributed by atoms with Gasteiger partial charge >= 0.3 is 11.6 Å². The molecule has 0 aliphatic heterocycles. The molecule has 1 aromatic heterocycles. The first-order valence-electron chi connectivity index (χ1n) is 13.9. The Labute approximate surface area is 209 Å². The van der Waals surface area contributed by atoms with Crippen LogP contribution in [0.2, 0.25) is 0 Å². The zero-order valence-electron chi connectivity index (χ0n) is 21.7. The van der Waals surface area contributed by atoms with Gasteiger partial charge in [-0.3, -0.25) is 4.79 Å². The van der Waals surface area contributed by atoms with Crippen molar-refractivity contribution >= 4 is 5.97 Å². The minimum absolute atomic E-state index is 0.180. The van der Waals surface area contributed by atoms with Crippen molar-refractivity contribution in [3.05, 3.63) is 46.0 Å². The molecule has 1 aromatic rings. The van der Waals surface area contributed by atoms with Crippen LogP contribution < -0.4 is 11.4 Å². The summed E-state index contributed by atoms with van der Waals surface area (Å²) in [6.07, 6.45) is 16.0. The van der Waals surface area contributed by atoms with E-state index in [1.165, 1.54) is 50.5 Å². The Kier molecular flexibility index (Phi) is 6.52. The molecule has 35 heavy (non-hydrogen) atoms. The summed E-state index contributed by atoms with van der Waals surface area (Å²) in [6.45, 7) is 7.23. The van der Waals surface area contributed by atoms with Gasteiger partial charge in [-0.2, -0.15) is 0 Å². The van der Waals surface area contributed by atoms with Crippen LogP contribution in [0.3, 0.4) is 0 Å². The lowest BCUT2D eigenvalue weighted by molar-refractivity contribution is -0.139. The van der Waals surface area contributed by atoms with Crippen molar-refractivity contribution in [2.24, 2.45) is 46.2 Å². The van der Waals surface area contributed by atoms with Crippen LogP contribution in [-0.2, 0) is 4.79 Å². The fourth-order valence-corrected chi connectivity index (χ4v) is 9.16. The largest absolute Gasteiger partial charge is 0.480 e. The standard InChI is InChI=1S/C30H43NO4/c1-18(15-26(31)28(33)34)14-19-10-12-29(2)21(16-19)5-6-22-24-8-7-23(20-4-9-27(32)35-17-20)30(24,3)13-11-25(22)29/h4,8-9,17-19,21-23,25-26H,5-7,10-16,31H2,1-3H3,(H,33,34)/t18?,19-,21+,22-,23+,25-,26-,29-,30+/m0/s1. The van der Waals surface area contributed by atoms with E-state index in [2.05, 4.69) is 26.8 Å². The summed E-state index contributed by atoms with van der Waals surface area (Å²) in [5.41, 5.74) is 9.01. The summed E-state index contributed by atoms with van der Waals surface area (Å²) in [6, 6.07) is 2.82. The van der Waals surface area contributed by atoms with Crippen LogP contribution in [-0.4, -0.2) is 17.1 Å². The van der Waals surface area contributed by atoms with Crippen molar-refractivity contribution in [3.63, 3.8) is 0 Å². The van der Waals surface area contributed by atoms with Crippen LogP contribution in [0.5, 0.6) is 0 Å². The lowest BCUT2D eigenvalue weighted by atomic mass is 9.45. The third kappa shape index (κ3) is 4.32. The molecule has 3 saturated carbocycles. The number of carboxylic acid groups (broad SMARTS) is 1. The Morgan fingerprint density at radius 2 is 2.00 bits per heavy atom. The van der Waals surface area contributed by atoms with Gasteiger partial charge in [0.25, 0.3) is 0 Å². The van der Waals surface area contributed by atoms with Crippen molar-refractivity contribution in [1.29, 1.82) is 0 Å². The number of nitrogens with two attached hydrogens (primary N) is 1. The summed E-state index contributed by atoms with van der Waals surface area (Å²) in [4.78, 5) is 22.7. The summed E-state index contributed by atoms with van der Waals surface area (Å²) in [5, 5.41) is 9.16. The minimum Gasteiger partial charge on any atom is -0.480 e. The normalized spacial score (nSPS) is 40.1. The quantitative estimate of drug-likeness (QED) is 0.477. The van der Waals surface area contributed by atoms with Crippen molar-refractivity contribution in [3.8, 4) is 0 Å². The maximum absolute atomic E-state index is 11.5. The molecule has 5 heteroatoms. The number of aliphatic carboxylic acids is 1. The molecule has 192 valence electrons. The lowest BCUT2D eigenvalue weighted by Crippen LogP contribution is -2.51. The van der Waals surface area contributed by atoms with E-state index >= 15 is 0 Å². The van der Waals surface area contributed by atoms with E-state index < -0.39 is 12.0 Å².